The van der Waals surface area contributed by atoms with Gasteiger partial charge in [-0.05, 0) is 37.3 Å². The number of halogens is 5. The van der Waals surface area contributed by atoms with Gasteiger partial charge in [0.2, 0.25) is 0 Å². The third-order valence-corrected chi connectivity index (χ3v) is 6.29. The molecule has 1 aliphatic rings. The molecule has 0 saturated carbocycles. The molecule has 12 heteroatoms. The lowest BCUT2D eigenvalue weighted by Crippen LogP contribution is -2.43. The first-order chi connectivity index (χ1) is 16.2. The van der Waals surface area contributed by atoms with Crippen molar-refractivity contribution in [2.45, 2.75) is 25.6 Å². The summed E-state index contributed by atoms with van der Waals surface area (Å²) in [6.45, 7) is -0.786. The molecule has 1 aromatic heterocycles. The Morgan fingerprint density at radius 1 is 1.26 bits per heavy atom. The highest BCUT2D eigenvalue weighted by Crippen LogP contribution is 2.37. The molecular weight excluding hydrogens is 496 g/mol. The van der Waals surface area contributed by atoms with Crippen LogP contribution in [0.2, 0.25) is 10.0 Å². The average molecular weight is 515 g/mol. The number of anilines is 1. The van der Waals surface area contributed by atoms with E-state index in [2.05, 4.69) is 15.2 Å². The normalized spacial score (nSPS) is 18.5. The van der Waals surface area contributed by atoms with Gasteiger partial charge in [-0.2, -0.15) is 8.78 Å². The Balaban J connectivity index is 1.51. The fraction of sp³-hybridized carbons (Fsp3) is 0.273. The van der Waals surface area contributed by atoms with Crippen molar-refractivity contribution in [1.29, 1.82) is 0 Å². The van der Waals surface area contributed by atoms with E-state index in [0.29, 0.717) is 12.2 Å². The van der Waals surface area contributed by atoms with Crippen molar-refractivity contribution in [3.8, 4) is 17.1 Å². The SMILES string of the molecule is CC1C(NC(=O)c2noc(-c3ccc(OC(F)F)cc3Cl)c2Cl)CN(c2ccccc2F)N1C. The molecule has 0 aliphatic carbocycles. The zero-order valence-electron chi connectivity index (χ0n) is 17.9. The van der Waals surface area contributed by atoms with Crippen LogP contribution in [0, 0.1) is 5.82 Å². The maximum Gasteiger partial charge on any atom is 0.387 e. The van der Waals surface area contributed by atoms with Crippen LogP contribution in [-0.2, 0) is 0 Å². The van der Waals surface area contributed by atoms with Gasteiger partial charge in [0, 0.05) is 18.7 Å². The van der Waals surface area contributed by atoms with Crippen LogP contribution in [-0.4, -0.2) is 48.4 Å². The fourth-order valence-corrected chi connectivity index (χ4v) is 4.24. The Bertz CT molecular complexity index is 1210. The molecular formula is C22H19Cl2F3N4O3. The van der Waals surface area contributed by atoms with Crippen LogP contribution in [0.4, 0.5) is 18.9 Å². The molecule has 34 heavy (non-hydrogen) atoms. The summed E-state index contributed by atoms with van der Waals surface area (Å²) in [5.41, 5.74) is 0.476. The van der Waals surface area contributed by atoms with Gasteiger partial charge in [0.05, 0.1) is 23.3 Å². The highest BCUT2D eigenvalue weighted by atomic mass is 35.5. The van der Waals surface area contributed by atoms with Gasteiger partial charge in [-0.1, -0.05) is 40.5 Å². The van der Waals surface area contributed by atoms with E-state index in [0.717, 1.165) is 0 Å². The van der Waals surface area contributed by atoms with Crippen molar-refractivity contribution in [3.05, 3.63) is 64.0 Å². The van der Waals surface area contributed by atoms with E-state index >= 15 is 0 Å². The van der Waals surface area contributed by atoms with Gasteiger partial charge in [-0.3, -0.25) is 4.79 Å². The number of amides is 1. The van der Waals surface area contributed by atoms with Crippen LogP contribution in [0.25, 0.3) is 11.3 Å². The number of carbonyl (C=O) groups excluding carboxylic acids is 1. The van der Waals surface area contributed by atoms with Gasteiger partial charge in [-0.25, -0.2) is 9.40 Å². The first-order valence-corrected chi connectivity index (χ1v) is 10.9. The lowest BCUT2D eigenvalue weighted by atomic mass is 10.1. The van der Waals surface area contributed by atoms with Gasteiger partial charge in [0.1, 0.15) is 16.6 Å². The second-order valence-electron chi connectivity index (χ2n) is 7.62. The summed E-state index contributed by atoms with van der Waals surface area (Å²) >= 11 is 12.5. The number of hydrogen-bond donors (Lipinski definition) is 1. The van der Waals surface area contributed by atoms with Crippen molar-refractivity contribution in [3.63, 3.8) is 0 Å². The second kappa shape index (κ2) is 9.73. The van der Waals surface area contributed by atoms with E-state index in [9.17, 15) is 18.0 Å². The van der Waals surface area contributed by atoms with Crippen molar-refractivity contribution >= 4 is 34.8 Å². The first kappa shape index (κ1) is 24.2. The van der Waals surface area contributed by atoms with Gasteiger partial charge in [0.15, 0.2) is 11.5 Å². The van der Waals surface area contributed by atoms with E-state index in [4.69, 9.17) is 27.7 Å². The zero-order valence-corrected chi connectivity index (χ0v) is 19.4. The number of rotatable bonds is 6. The molecule has 0 spiro atoms. The highest BCUT2D eigenvalue weighted by Gasteiger charge is 2.37. The van der Waals surface area contributed by atoms with Crippen molar-refractivity contribution in [1.82, 2.24) is 15.5 Å². The number of nitrogens with one attached hydrogen (secondary N) is 1. The minimum absolute atomic E-state index is 0.00462. The minimum Gasteiger partial charge on any atom is -0.435 e. The Hall–Kier alpha value is -2.95. The maximum atomic E-state index is 14.3. The van der Waals surface area contributed by atoms with Crippen molar-refractivity contribution in [2.75, 3.05) is 18.6 Å². The lowest BCUT2D eigenvalue weighted by Gasteiger charge is -2.28. The Morgan fingerprint density at radius 2 is 2.00 bits per heavy atom. The predicted octanol–water partition coefficient (Wildman–Crippen LogP) is 5.24. The fourth-order valence-electron chi connectivity index (χ4n) is 3.72. The van der Waals surface area contributed by atoms with Crippen LogP contribution < -0.4 is 15.1 Å². The third-order valence-electron chi connectivity index (χ3n) is 5.63. The second-order valence-corrected chi connectivity index (χ2v) is 8.41. The number of benzene rings is 2. The Labute approximate surface area is 202 Å². The van der Waals surface area contributed by atoms with Crippen molar-refractivity contribution in [2.24, 2.45) is 0 Å². The van der Waals surface area contributed by atoms with Crippen molar-refractivity contribution < 1.29 is 27.2 Å². The molecule has 2 unspecified atom stereocenters. The number of nitrogens with zero attached hydrogens (tertiary/aromatic N) is 3. The van der Waals surface area contributed by atoms with Gasteiger partial charge in [-0.15, -0.1) is 0 Å². The highest BCUT2D eigenvalue weighted by molar-refractivity contribution is 6.37. The smallest absolute Gasteiger partial charge is 0.387 e. The average Bonchev–Trinajstić information content (AvgIpc) is 3.29. The summed E-state index contributed by atoms with van der Waals surface area (Å²) in [4.78, 5) is 12.9. The number of hydrogen-bond acceptors (Lipinski definition) is 6. The summed E-state index contributed by atoms with van der Waals surface area (Å²) in [6.07, 6.45) is 0. The number of likely N-dealkylation sites (N-methyl/N-ethyl adjacent to an activating group) is 1. The number of ether oxygens (including phenoxy) is 1. The summed E-state index contributed by atoms with van der Waals surface area (Å²) in [6, 6.07) is 9.64. The Morgan fingerprint density at radius 3 is 2.68 bits per heavy atom. The van der Waals surface area contributed by atoms with Crippen LogP contribution in [0.15, 0.2) is 47.0 Å². The number of hydrazine groups is 1. The largest absolute Gasteiger partial charge is 0.435 e. The predicted molar refractivity (Wildman–Crippen MR) is 121 cm³/mol. The molecule has 2 atom stereocenters. The molecule has 7 nitrogen and oxygen atoms in total. The topological polar surface area (TPSA) is 70.8 Å². The van der Waals surface area contributed by atoms with E-state index in [1.165, 1.54) is 24.3 Å². The molecule has 0 bridgehead atoms. The van der Waals surface area contributed by atoms with E-state index in [-0.39, 0.29) is 50.7 Å². The van der Waals surface area contributed by atoms with E-state index in [1.54, 1.807) is 30.3 Å². The molecule has 1 saturated heterocycles. The molecule has 1 fully saturated rings. The zero-order chi connectivity index (χ0) is 24.6. The number of aromatic nitrogens is 1. The first-order valence-electron chi connectivity index (χ1n) is 10.1. The molecule has 2 heterocycles. The van der Waals surface area contributed by atoms with E-state index < -0.39 is 12.5 Å². The molecule has 1 N–H and O–H groups in total. The van der Waals surface area contributed by atoms with Crippen LogP contribution in [0.5, 0.6) is 5.75 Å². The molecule has 3 aromatic rings. The monoisotopic (exact) mass is 514 g/mol. The third kappa shape index (κ3) is 4.66. The quantitative estimate of drug-likeness (QED) is 0.484. The lowest BCUT2D eigenvalue weighted by molar-refractivity contribution is -0.0498. The molecule has 4 rings (SSSR count). The van der Waals surface area contributed by atoms with Crippen LogP contribution >= 0.6 is 23.2 Å². The number of alkyl halides is 2. The molecule has 1 aliphatic heterocycles. The number of carbonyl (C=O) groups is 1. The molecule has 2 aromatic carbocycles. The number of para-hydroxylation sites is 1. The summed E-state index contributed by atoms with van der Waals surface area (Å²) in [5, 5.41) is 10.1. The minimum atomic E-state index is -3.00. The van der Waals surface area contributed by atoms with Crippen LogP contribution in [0.3, 0.4) is 0 Å². The summed E-state index contributed by atoms with van der Waals surface area (Å²) < 4.78 is 48.6. The van der Waals surface area contributed by atoms with Crippen LogP contribution in [0.1, 0.15) is 17.4 Å². The maximum absolute atomic E-state index is 14.3. The standard InChI is InChI=1S/C22H19Cl2F3N4O3/c1-11-16(10-31(30(11)2)17-6-4-3-5-15(17)25)28-21(32)19-18(24)20(34-29-19)13-8-7-12(9-14(13)23)33-22(26)27/h3-9,11,16,22H,10H2,1-2H3,(H,28,32). The van der Waals surface area contributed by atoms with Gasteiger partial charge < -0.3 is 19.6 Å². The summed E-state index contributed by atoms with van der Waals surface area (Å²) in [7, 11) is 1.80. The molecule has 0 radical (unpaired) electrons. The van der Waals surface area contributed by atoms with Gasteiger partial charge >= 0.3 is 6.61 Å². The Kier molecular flexibility index (Phi) is 6.92. The van der Waals surface area contributed by atoms with E-state index in [1.807, 2.05) is 11.9 Å². The summed E-state index contributed by atoms with van der Waals surface area (Å²) in [5.74, 6) is -1.10. The molecule has 180 valence electrons. The molecule has 1 amide bonds. The van der Waals surface area contributed by atoms with Gasteiger partial charge in [0.25, 0.3) is 5.91 Å².